The highest BCUT2D eigenvalue weighted by Gasteiger charge is 2.05. The number of hydrazine groups is 1. The molecule has 0 radical (unpaired) electrons. The van der Waals surface area contributed by atoms with Crippen molar-refractivity contribution < 1.29 is 9.59 Å². The van der Waals surface area contributed by atoms with Gasteiger partial charge in [0.15, 0.2) is 0 Å². The normalized spacial score (nSPS) is 10.3. The molecular formula is C17H18N4O2. The predicted octanol–water partition coefficient (Wildman–Crippen LogP) is 2.51. The lowest BCUT2D eigenvalue weighted by Crippen LogP contribution is -2.44. The molecule has 0 aliphatic rings. The van der Waals surface area contributed by atoms with Crippen LogP contribution in [0.2, 0.25) is 0 Å². The maximum Gasteiger partial charge on any atom is 0.337 e. The van der Waals surface area contributed by atoms with E-state index in [0.717, 1.165) is 11.1 Å². The Bertz CT molecular complexity index is 681. The van der Waals surface area contributed by atoms with Gasteiger partial charge in [-0.25, -0.2) is 10.2 Å². The van der Waals surface area contributed by atoms with E-state index < -0.39 is 6.03 Å². The van der Waals surface area contributed by atoms with Crippen molar-refractivity contribution in [1.82, 2.24) is 15.8 Å². The molecule has 1 aromatic heterocycles. The fourth-order valence-corrected chi connectivity index (χ4v) is 1.89. The van der Waals surface area contributed by atoms with Crippen molar-refractivity contribution in [1.29, 1.82) is 0 Å². The molecule has 0 saturated heterocycles. The van der Waals surface area contributed by atoms with E-state index in [1.807, 2.05) is 31.2 Å². The number of hydrogen-bond acceptors (Lipinski definition) is 3. The van der Waals surface area contributed by atoms with Gasteiger partial charge in [0.2, 0.25) is 5.91 Å². The van der Waals surface area contributed by atoms with Gasteiger partial charge in [-0.3, -0.25) is 15.2 Å². The van der Waals surface area contributed by atoms with Crippen LogP contribution in [0.1, 0.15) is 18.1 Å². The van der Waals surface area contributed by atoms with Gasteiger partial charge in [0.1, 0.15) is 0 Å². The molecule has 6 nitrogen and oxygen atoms in total. The van der Waals surface area contributed by atoms with Crippen molar-refractivity contribution in [3.8, 4) is 0 Å². The summed E-state index contributed by atoms with van der Waals surface area (Å²) in [5.41, 5.74) is 7.16. The zero-order valence-corrected chi connectivity index (χ0v) is 12.7. The number of allylic oxidation sites excluding steroid dienone is 1. The van der Waals surface area contributed by atoms with Crippen LogP contribution in [-0.2, 0) is 11.2 Å². The van der Waals surface area contributed by atoms with Gasteiger partial charge in [0, 0.05) is 18.1 Å². The highest BCUT2D eigenvalue weighted by molar-refractivity contribution is 5.91. The third-order valence-corrected chi connectivity index (χ3v) is 2.96. The van der Waals surface area contributed by atoms with Crippen LogP contribution >= 0.6 is 0 Å². The van der Waals surface area contributed by atoms with Gasteiger partial charge < -0.3 is 5.32 Å². The Morgan fingerprint density at radius 3 is 2.39 bits per heavy atom. The van der Waals surface area contributed by atoms with E-state index >= 15 is 0 Å². The molecule has 0 fully saturated rings. The lowest BCUT2D eigenvalue weighted by atomic mass is 10.2. The average molecular weight is 310 g/mol. The Hall–Kier alpha value is -3.15. The Balaban J connectivity index is 1.77. The van der Waals surface area contributed by atoms with Crippen LogP contribution in [0.25, 0.3) is 6.08 Å². The molecule has 6 heteroatoms. The Morgan fingerprint density at radius 1 is 1.04 bits per heavy atom. The maximum absolute atomic E-state index is 11.7. The molecule has 1 aromatic carbocycles. The molecule has 0 aliphatic carbocycles. The fourth-order valence-electron chi connectivity index (χ4n) is 1.89. The Labute approximate surface area is 134 Å². The zero-order chi connectivity index (χ0) is 16.5. The van der Waals surface area contributed by atoms with Crippen LogP contribution in [0.3, 0.4) is 0 Å². The lowest BCUT2D eigenvalue weighted by Gasteiger charge is -2.09. The van der Waals surface area contributed by atoms with Crippen LogP contribution in [0.15, 0.2) is 54.9 Å². The molecule has 1 heterocycles. The minimum Gasteiger partial charge on any atom is -0.307 e. The first-order chi connectivity index (χ1) is 11.2. The molecule has 23 heavy (non-hydrogen) atoms. The van der Waals surface area contributed by atoms with Gasteiger partial charge in [-0.05, 0) is 42.3 Å². The van der Waals surface area contributed by atoms with E-state index in [2.05, 4.69) is 21.2 Å². The molecular weight excluding hydrogens is 292 g/mol. The van der Waals surface area contributed by atoms with Crippen molar-refractivity contribution >= 4 is 23.7 Å². The third kappa shape index (κ3) is 5.62. The molecule has 3 amide bonds. The second-order valence-corrected chi connectivity index (χ2v) is 4.78. The highest BCUT2D eigenvalue weighted by atomic mass is 16.2. The second-order valence-electron chi connectivity index (χ2n) is 4.78. The number of pyridine rings is 1. The first kappa shape index (κ1) is 16.2. The predicted molar refractivity (Wildman–Crippen MR) is 89.4 cm³/mol. The first-order valence-electron chi connectivity index (χ1n) is 7.15. The van der Waals surface area contributed by atoms with E-state index in [0.29, 0.717) is 5.69 Å². The number of carbonyl (C=O) groups is 2. The number of aromatic nitrogens is 1. The molecule has 0 saturated carbocycles. The van der Waals surface area contributed by atoms with Gasteiger partial charge in [0.25, 0.3) is 0 Å². The van der Waals surface area contributed by atoms with E-state index in [1.54, 1.807) is 36.7 Å². The zero-order valence-electron chi connectivity index (χ0n) is 12.7. The molecule has 118 valence electrons. The molecule has 2 rings (SSSR count). The lowest BCUT2D eigenvalue weighted by molar-refractivity contribution is -0.121. The number of urea groups is 1. The van der Waals surface area contributed by atoms with E-state index in [9.17, 15) is 9.59 Å². The summed E-state index contributed by atoms with van der Waals surface area (Å²) in [6.45, 7) is 1.94. The summed E-state index contributed by atoms with van der Waals surface area (Å²) in [6, 6.07) is 10.3. The smallest absolute Gasteiger partial charge is 0.307 e. The van der Waals surface area contributed by atoms with Gasteiger partial charge in [-0.2, -0.15) is 0 Å². The number of nitrogens with zero attached hydrogens (tertiary/aromatic N) is 1. The third-order valence-electron chi connectivity index (χ3n) is 2.96. The highest BCUT2D eigenvalue weighted by Crippen LogP contribution is 2.10. The van der Waals surface area contributed by atoms with Gasteiger partial charge in [0.05, 0.1) is 6.42 Å². The van der Waals surface area contributed by atoms with Crippen molar-refractivity contribution in [3.63, 3.8) is 0 Å². The van der Waals surface area contributed by atoms with Crippen LogP contribution in [0, 0.1) is 0 Å². The topological polar surface area (TPSA) is 83.1 Å². The molecule has 2 aromatic rings. The summed E-state index contributed by atoms with van der Waals surface area (Å²) in [5.74, 6) is -0.310. The minimum absolute atomic E-state index is 0.168. The van der Waals surface area contributed by atoms with E-state index in [1.165, 1.54) is 0 Å². The minimum atomic E-state index is -0.508. The van der Waals surface area contributed by atoms with E-state index in [4.69, 9.17) is 0 Å². The van der Waals surface area contributed by atoms with Crippen molar-refractivity contribution in [3.05, 3.63) is 66.0 Å². The van der Waals surface area contributed by atoms with Crippen molar-refractivity contribution in [2.45, 2.75) is 13.3 Å². The largest absolute Gasteiger partial charge is 0.337 e. The van der Waals surface area contributed by atoms with Gasteiger partial charge in [-0.15, -0.1) is 0 Å². The van der Waals surface area contributed by atoms with Crippen LogP contribution in [0.5, 0.6) is 0 Å². The van der Waals surface area contributed by atoms with Crippen molar-refractivity contribution in [2.75, 3.05) is 5.32 Å². The van der Waals surface area contributed by atoms with Crippen LogP contribution < -0.4 is 16.2 Å². The maximum atomic E-state index is 11.7. The Kier molecular flexibility index (Phi) is 5.88. The molecule has 0 bridgehead atoms. The van der Waals surface area contributed by atoms with Crippen LogP contribution in [0.4, 0.5) is 10.5 Å². The van der Waals surface area contributed by atoms with Crippen LogP contribution in [-0.4, -0.2) is 16.9 Å². The molecule has 0 aliphatic heterocycles. The van der Waals surface area contributed by atoms with E-state index in [-0.39, 0.29) is 12.3 Å². The number of hydrogen-bond donors (Lipinski definition) is 3. The van der Waals surface area contributed by atoms with Gasteiger partial charge in [-0.1, -0.05) is 24.3 Å². The number of carbonyl (C=O) groups excluding carboxylic acids is 2. The number of anilines is 1. The number of benzene rings is 1. The second kappa shape index (κ2) is 8.33. The summed E-state index contributed by atoms with van der Waals surface area (Å²) in [4.78, 5) is 27.3. The average Bonchev–Trinajstić information content (AvgIpc) is 2.56. The van der Waals surface area contributed by atoms with Gasteiger partial charge >= 0.3 is 6.03 Å². The SMILES string of the molecule is C/C=C/c1ccc(NC(=O)NNC(=O)Cc2ccncc2)cc1. The monoisotopic (exact) mass is 310 g/mol. The summed E-state index contributed by atoms with van der Waals surface area (Å²) in [5, 5.41) is 2.63. The van der Waals surface area contributed by atoms with Crippen molar-refractivity contribution in [2.24, 2.45) is 0 Å². The molecule has 0 spiro atoms. The number of rotatable bonds is 4. The number of amides is 3. The Morgan fingerprint density at radius 2 is 1.74 bits per heavy atom. The summed E-state index contributed by atoms with van der Waals surface area (Å²) in [7, 11) is 0. The molecule has 0 atom stereocenters. The molecule has 3 N–H and O–H groups in total. The molecule has 0 unspecified atom stereocenters. The summed E-state index contributed by atoms with van der Waals surface area (Å²) < 4.78 is 0. The summed E-state index contributed by atoms with van der Waals surface area (Å²) in [6.07, 6.45) is 7.29. The first-order valence-corrected chi connectivity index (χ1v) is 7.15. The fraction of sp³-hybridized carbons (Fsp3) is 0.118. The summed E-state index contributed by atoms with van der Waals surface area (Å²) >= 11 is 0. The quantitative estimate of drug-likeness (QED) is 0.759. The standard InChI is InChI=1S/C17H18N4O2/c1-2-3-13-4-6-15(7-5-13)19-17(23)21-20-16(22)12-14-8-10-18-11-9-14/h2-11H,12H2,1H3,(H,20,22)(H2,19,21,23)/b3-2+. The number of nitrogens with one attached hydrogen (secondary N) is 3.